The number of halogens is 1. The van der Waals surface area contributed by atoms with E-state index in [-0.39, 0.29) is 18.4 Å². The van der Waals surface area contributed by atoms with Crippen LogP contribution in [0.3, 0.4) is 0 Å². The van der Waals surface area contributed by atoms with Gasteiger partial charge in [0.05, 0.1) is 12.7 Å². The normalized spacial score (nSPS) is 14.5. The molecular weight excluding hydrogens is 352 g/mol. The van der Waals surface area contributed by atoms with Gasteiger partial charge in [-0.15, -0.1) is 0 Å². The van der Waals surface area contributed by atoms with Gasteiger partial charge < -0.3 is 17.1 Å². The molecule has 0 radical (unpaired) electrons. The fourth-order valence-corrected chi connectivity index (χ4v) is 4.01. The van der Waals surface area contributed by atoms with Crippen molar-refractivity contribution in [3.05, 3.63) is 93.9 Å². The van der Waals surface area contributed by atoms with Crippen LogP contribution in [0.1, 0.15) is 21.5 Å². The van der Waals surface area contributed by atoms with Gasteiger partial charge in [0.2, 0.25) is 0 Å². The monoisotopic (exact) mass is 366 g/mol. The second-order valence-corrected chi connectivity index (χ2v) is 6.72. The van der Waals surface area contributed by atoms with E-state index < -0.39 is 0 Å². The highest BCUT2D eigenvalue weighted by Gasteiger charge is 2.27. The molecule has 2 aromatic carbocycles. The topological polar surface area (TPSA) is 26.3 Å². The summed E-state index contributed by atoms with van der Waals surface area (Å²) in [4.78, 5) is 14.6. The number of thioether (sulfide) groups is 1. The lowest BCUT2D eigenvalue weighted by Crippen LogP contribution is -3.00. The molecule has 1 heterocycles. The third-order valence-corrected chi connectivity index (χ3v) is 5.39. The van der Waals surface area contributed by atoms with Crippen LogP contribution >= 0.6 is 11.8 Å². The summed E-state index contributed by atoms with van der Waals surface area (Å²) in [7, 11) is 1.41. The van der Waals surface area contributed by atoms with Crippen molar-refractivity contribution in [2.45, 2.75) is 11.3 Å². The summed E-state index contributed by atoms with van der Waals surface area (Å²) < 4.78 is 4.90. The lowest BCUT2D eigenvalue weighted by Gasteiger charge is -2.16. The van der Waals surface area contributed by atoms with E-state index in [0.29, 0.717) is 5.56 Å². The van der Waals surface area contributed by atoms with E-state index in [2.05, 4.69) is 36.4 Å². The molecule has 4 rings (SSSR count). The quantitative estimate of drug-likeness (QED) is 0.599. The van der Waals surface area contributed by atoms with Crippen molar-refractivity contribution in [2.75, 3.05) is 7.11 Å². The number of allylic oxidation sites excluding steroid dienone is 5. The Bertz CT molecular complexity index is 925. The van der Waals surface area contributed by atoms with Gasteiger partial charge in [0, 0.05) is 29.5 Å². The molecule has 0 saturated heterocycles. The Morgan fingerprint density at radius 1 is 1.08 bits per heavy atom. The van der Waals surface area contributed by atoms with Crippen molar-refractivity contribution in [3.63, 3.8) is 0 Å². The maximum atomic E-state index is 12.0. The van der Waals surface area contributed by atoms with Crippen LogP contribution in [0.15, 0.2) is 76.1 Å². The van der Waals surface area contributed by atoms with Gasteiger partial charge in [-0.1, -0.05) is 30.3 Å². The fourth-order valence-electron chi connectivity index (χ4n) is 2.97. The number of carbonyl (C=O) groups is 1. The highest BCUT2D eigenvalue weighted by atomic mass is 35.5. The molecule has 2 aliphatic rings. The van der Waals surface area contributed by atoms with Gasteiger partial charge in [-0.05, 0) is 35.5 Å². The molecule has 0 bridgehead atoms. The predicted molar refractivity (Wildman–Crippen MR) is 96.6 cm³/mol. The molecule has 25 heavy (non-hydrogen) atoms. The van der Waals surface area contributed by atoms with Gasteiger partial charge in [0.25, 0.3) is 0 Å². The van der Waals surface area contributed by atoms with E-state index in [1.54, 1.807) is 17.8 Å². The Hall–Kier alpha value is -2.32. The van der Waals surface area contributed by atoms with E-state index >= 15 is 0 Å². The third-order valence-electron chi connectivity index (χ3n) is 4.17. The van der Waals surface area contributed by atoms with Crippen LogP contribution in [-0.4, -0.2) is 13.1 Å². The van der Waals surface area contributed by atoms with Crippen LogP contribution in [0.25, 0.3) is 5.57 Å². The molecule has 0 unspecified atom stereocenters. The van der Waals surface area contributed by atoms with Gasteiger partial charge in [0.15, 0.2) is 5.57 Å². The van der Waals surface area contributed by atoms with Crippen LogP contribution in [-0.2, 0) is 11.2 Å². The van der Waals surface area contributed by atoms with Gasteiger partial charge in [-0.2, -0.15) is 0 Å². The molecule has 2 nitrogen and oxygen atoms in total. The molecule has 0 N–H and O–H groups in total. The van der Waals surface area contributed by atoms with Crippen molar-refractivity contribution in [2.24, 2.45) is 0 Å². The third kappa shape index (κ3) is 3.27. The SMILES string of the molecule is COC(=O)c1ccccc1C1=[C+]C2=C(C=C1)Sc1ccccc1C2.[Cl-]. The first kappa shape index (κ1) is 17.5. The minimum absolute atomic E-state index is 0. The van der Waals surface area contributed by atoms with Gasteiger partial charge in [-0.25, -0.2) is 4.79 Å². The Morgan fingerprint density at radius 3 is 2.68 bits per heavy atom. The molecule has 4 heteroatoms. The van der Waals surface area contributed by atoms with E-state index in [1.165, 1.54) is 28.0 Å². The van der Waals surface area contributed by atoms with Crippen LogP contribution in [0.4, 0.5) is 0 Å². The number of esters is 1. The van der Waals surface area contributed by atoms with Crippen LogP contribution in [0.2, 0.25) is 0 Å². The lowest BCUT2D eigenvalue weighted by molar-refractivity contribution is -0.0000193. The highest BCUT2D eigenvalue weighted by Crippen LogP contribution is 2.42. The molecule has 0 fully saturated rings. The first-order chi connectivity index (χ1) is 11.8. The number of ether oxygens (including phenoxy) is 1. The van der Waals surface area contributed by atoms with Crippen molar-refractivity contribution in [1.82, 2.24) is 0 Å². The summed E-state index contributed by atoms with van der Waals surface area (Å²) in [5.41, 5.74) is 4.85. The minimum atomic E-state index is -0.323. The second kappa shape index (κ2) is 7.28. The summed E-state index contributed by atoms with van der Waals surface area (Å²) in [5.74, 6) is -0.323. The Labute approximate surface area is 157 Å². The van der Waals surface area contributed by atoms with Crippen molar-refractivity contribution >= 4 is 23.3 Å². The average molecular weight is 367 g/mol. The molecule has 1 aliphatic heterocycles. The van der Waals surface area contributed by atoms with Crippen LogP contribution in [0.5, 0.6) is 0 Å². The zero-order valence-electron chi connectivity index (χ0n) is 13.6. The van der Waals surface area contributed by atoms with Crippen LogP contribution in [0, 0.1) is 6.08 Å². The van der Waals surface area contributed by atoms with E-state index in [0.717, 1.165) is 17.6 Å². The number of benzene rings is 2. The summed E-state index contributed by atoms with van der Waals surface area (Å²) in [6, 6.07) is 16.0. The smallest absolute Gasteiger partial charge is 0.348 e. The minimum Gasteiger partial charge on any atom is -1.00 e. The molecule has 2 aromatic rings. The second-order valence-electron chi connectivity index (χ2n) is 5.64. The zero-order chi connectivity index (χ0) is 16.5. The standard InChI is InChI=1S/C21H15O2S.ClH/c1-23-21(22)18-8-4-3-7-17(18)14-10-11-20-16(12-14)13-15-6-2-5-9-19(15)24-20;/h2-11H,13H2,1H3;1H/q+1;/p-1. The predicted octanol–water partition coefficient (Wildman–Crippen LogP) is 1.84. The summed E-state index contributed by atoms with van der Waals surface area (Å²) in [6.07, 6.45) is 8.53. The Kier molecular flexibility index (Phi) is 5.10. The molecule has 0 amide bonds. The Balaban J connectivity index is 0.00000182. The number of hydrogen-bond acceptors (Lipinski definition) is 3. The average Bonchev–Trinajstić information content (AvgIpc) is 2.65. The zero-order valence-corrected chi connectivity index (χ0v) is 15.2. The van der Waals surface area contributed by atoms with Crippen molar-refractivity contribution < 1.29 is 21.9 Å². The largest absolute Gasteiger partial charge is 1.00 e. The fraction of sp³-hybridized carbons (Fsp3) is 0.0952. The van der Waals surface area contributed by atoms with E-state index in [1.807, 2.05) is 24.3 Å². The molecule has 0 spiro atoms. The van der Waals surface area contributed by atoms with Crippen LogP contribution < -0.4 is 12.4 Å². The molecule has 0 aromatic heterocycles. The van der Waals surface area contributed by atoms with E-state index in [9.17, 15) is 4.79 Å². The summed E-state index contributed by atoms with van der Waals surface area (Å²) in [5, 5.41) is 0. The first-order valence-electron chi connectivity index (χ1n) is 7.75. The molecule has 124 valence electrons. The maximum absolute atomic E-state index is 12.0. The summed E-state index contributed by atoms with van der Waals surface area (Å²) >= 11 is 1.78. The van der Waals surface area contributed by atoms with Crippen molar-refractivity contribution in [3.8, 4) is 0 Å². The molecule has 0 saturated carbocycles. The number of carbonyl (C=O) groups excluding carboxylic acids is 1. The molecule has 0 atom stereocenters. The molecule has 1 aliphatic carbocycles. The number of hydrogen-bond donors (Lipinski definition) is 0. The summed E-state index contributed by atoms with van der Waals surface area (Å²) in [6.45, 7) is 0. The van der Waals surface area contributed by atoms with E-state index in [4.69, 9.17) is 4.74 Å². The van der Waals surface area contributed by atoms with Gasteiger partial charge >= 0.3 is 5.97 Å². The Morgan fingerprint density at radius 2 is 1.84 bits per heavy atom. The van der Waals surface area contributed by atoms with Gasteiger partial charge in [-0.3, -0.25) is 0 Å². The highest BCUT2D eigenvalue weighted by molar-refractivity contribution is 8.03. The van der Waals surface area contributed by atoms with Crippen molar-refractivity contribution in [1.29, 1.82) is 0 Å². The number of fused-ring (bicyclic) bond motifs is 1. The number of rotatable bonds is 2. The maximum Gasteiger partial charge on any atom is 0.348 e. The lowest BCUT2D eigenvalue weighted by atomic mass is 9.92. The number of methoxy groups -OCH3 is 1. The first-order valence-corrected chi connectivity index (χ1v) is 8.56. The van der Waals surface area contributed by atoms with Gasteiger partial charge in [0.1, 0.15) is 16.0 Å². The molecular formula is C21H15ClO2S.